The van der Waals surface area contributed by atoms with Crippen LogP contribution in [-0.4, -0.2) is 33.0 Å². The van der Waals surface area contributed by atoms with Gasteiger partial charge < -0.3 is 10.2 Å². The van der Waals surface area contributed by atoms with Gasteiger partial charge in [0, 0.05) is 46.5 Å². The Morgan fingerprint density at radius 1 is 1.02 bits per heavy atom. The third-order valence-corrected chi connectivity index (χ3v) is 14.2. The molecule has 2 aromatic rings. The van der Waals surface area contributed by atoms with Crippen LogP contribution in [0, 0.1) is 16.2 Å². The molecule has 0 fully saturated rings. The third-order valence-electron chi connectivity index (χ3n) is 11.5. The number of thioether (sulfide) groups is 1. The van der Waals surface area contributed by atoms with Crippen molar-refractivity contribution in [3.8, 4) is 0 Å². The number of nitrogens with zero attached hydrogens (tertiary/aromatic N) is 3. The molecule has 4 atom stereocenters. The molecule has 5 aliphatic rings. The summed E-state index contributed by atoms with van der Waals surface area (Å²) in [4.78, 5) is 41.8. The molecule has 9 heteroatoms. The number of Topliss-reactive ketones (excluding diaryl/α,β-unsaturated/α-hetero) is 2. The molecule has 4 heterocycles. The number of thiazole rings is 1. The summed E-state index contributed by atoms with van der Waals surface area (Å²) in [6.07, 6.45) is 9.47. The Hall–Kier alpha value is -3.20. The summed E-state index contributed by atoms with van der Waals surface area (Å²) in [6.45, 7) is 23.6. The van der Waals surface area contributed by atoms with E-state index in [0.717, 1.165) is 74.4 Å². The SMILES string of the molecule is C=C/C=C\C(=C)C1(CC)C2=C(CC(C)(C)CC2=O)N(c2ccc([C@]3(CC)C4=C(CC(C)(C)CC4=O)Nc4nc(Cl)sc43)cc2)C2N=C(C)SC21. The summed E-state index contributed by atoms with van der Waals surface area (Å²) in [5.41, 5.74) is 5.12. The van der Waals surface area contributed by atoms with Crippen molar-refractivity contribution in [3.05, 3.63) is 98.7 Å². The molecule has 3 unspecified atom stereocenters. The number of allylic oxidation sites excluding steroid dienone is 8. The fourth-order valence-electron chi connectivity index (χ4n) is 9.54. The van der Waals surface area contributed by atoms with Crippen LogP contribution in [0.5, 0.6) is 0 Å². The zero-order chi connectivity index (χ0) is 36.0. The second-order valence-electron chi connectivity index (χ2n) is 16.0. The standard InChI is InChI=1S/C41H47ClN4O2S2/c1-10-13-14-23(4)40(11-2)32-28(20-39(8,9)22-30(32)48)46(36-34(40)49-24(5)43-36)26-17-15-25(16-18-26)41(12-3)31-27(19-38(6,7)21-29(31)47)44-35-33(41)50-37(42)45-35/h10,13-18,34,36,44H,1,4,11-12,19-22H2,2-3,5-9H3/b14-13-/t34?,36?,40?,41-/m1/s1. The van der Waals surface area contributed by atoms with Crippen LogP contribution in [0.2, 0.25) is 4.47 Å². The van der Waals surface area contributed by atoms with Gasteiger partial charge in [-0.3, -0.25) is 14.6 Å². The van der Waals surface area contributed by atoms with E-state index in [4.69, 9.17) is 16.6 Å². The number of aliphatic imine (C=N–C) groups is 1. The van der Waals surface area contributed by atoms with Gasteiger partial charge in [0.15, 0.2) is 16.0 Å². The first-order valence-electron chi connectivity index (χ1n) is 17.7. The minimum atomic E-state index is -0.672. The van der Waals surface area contributed by atoms with Crippen LogP contribution in [0.1, 0.15) is 97.4 Å². The highest BCUT2D eigenvalue weighted by Gasteiger charge is 2.59. The molecule has 0 radical (unpaired) electrons. The average Bonchev–Trinajstić information content (AvgIpc) is 3.61. The summed E-state index contributed by atoms with van der Waals surface area (Å²) in [5, 5.41) is 4.52. The largest absolute Gasteiger partial charge is 0.342 e. The minimum Gasteiger partial charge on any atom is -0.342 e. The number of aromatic nitrogens is 1. The molecule has 1 aromatic carbocycles. The molecule has 262 valence electrons. The van der Waals surface area contributed by atoms with Crippen LogP contribution >= 0.6 is 34.7 Å². The smallest absolute Gasteiger partial charge is 0.185 e. The van der Waals surface area contributed by atoms with Gasteiger partial charge in [-0.2, -0.15) is 0 Å². The molecule has 1 aromatic heterocycles. The molecule has 0 bridgehead atoms. The highest BCUT2D eigenvalue weighted by molar-refractivity contribution is 8.14. The van der Waals surface area contributed by atoms with Crippen molar-refractivity contribution in [1.82, 2.24) is 4.98 Å². The molecule has 0 spiro atoms. The van der Waals surface area contributed by atoms with Gasteiger partial charge in [0.25, 0.3) is 0 Å². The number of hydrogen-bond acceptors (Lipinski definition) is 8. The predicted molar refractivity (Wildman–Crippen MR) is 210 cm³/mol. The van der Waals surface area contributed by atoms with Gasteiger partial charge in [0.05, 0.1) is 20.6 Å². The zero-order valence-electron chi connectivity index (χ0n) is 30.2. The average molecular weight is 727 g/mol. The van der Waals surface area contributed by atoms with E-state index in [9.17, 15) is 9.59 Å². The van der Waals surface area contributed by atoms with Gasteiger partial charge in [0.1, 0.15) is 12.0 Å². The first-order valence-corrected chi connectivity index (χ1v) is 19.8. The van der Waals surface area contributed by atoms with Gasteiger partial charge >= 0.3 is 0 Å². The number of fused-ring (bicyclic) bond motifs is 2. The highest BCUT2D eigenvalue weighted by Crippen LogP contribution is 2.61. The maximum atomic E-state index is 14.4. The quantitative estimate of drug-likeness (QED) is 0.286. The first kappa shape index (κ1) is 35.2. The van der Waals surface area contributed by atoms with Crippen molar-refractivity contribution in [2.45, 2.75) is 104 Å². The summed E-state index contributed by atoms with van der Waals surface area (Å²) in [7, 11) is 0. The van der Waals surface area contributed by atoms with E-state index in [-0.39, 0.29) is 33.8 Å². The summed E-state index contributed by atoms with van der Waals surface area (Å²) in [6, 6.07) is 8.69. The number of hydrogen-bond donors (Lipinski definition) is 1. The maximum Gasteiger partial charge on any atom is 0.185 e. The van der Waals surface area contributed by atoms with Crippen LogP contribution in [0.15, 0.2) is 88.8 Å². The highest BCUT2D eigenvalue weighted by atomic mass is 35.5. The molecule has 0 saturated heterocycles. The zero-order valence-corrected chi connectivity index (χ0v) is 32.6. The van der Waals surface area contributed by atoms with Crippen molar-refractivity contribution in [2.24, 2.45) is 21.2 Å². The third kappa shape index (κ3) is 5.18. The van der Waals surface area contributed by atoms with Crippen LogP contribution < -0.4 is 10.2 Å². The fourth-order valence-corrected chi connectivity index (χ4v) is 12.4. The lowest BCUT2D eigenvalue weighted by atomic mass is 9.59. The lowest BCUT2D eigenvalue weighted by Crippen LogP contribution is -2.57. The number of anilines is 2. The predicted octanol–water partition coefficient (Wildman–Crippen LogP) is 10.6. The molecule has 3 aliphatic heterocycles. The number of halogens is 1. The summed E-state index contributed by atoms with van der Waals surface area (Å²) >= 11 is 9.80. The second kappa shape index (κ2) is 12.2. The molecule has 2 aliphatic carbocycles. The normalized spacial score (nSPS) is 29.7. The molecular weight excluding hydrogens is 680 g/mol. The lowest BCUT2D eigenvalue weighted by Gasteiger charge is -2.54. The van der Waals surface area contributed by atoms with Crippen molar-refractivity contribution in [2.75, 3.05) is 10.2 Å². The van der Waals surface area contributed by atoms with E-state index in [2.05, 4.69) is 101 Å². The number of carbonyl (C=O) groups is 2. The van der Waals surface area contributed by atoms with Crippen LogP contribution in [0.3, 0.4) is 0 Å². The van der Waals surface area contributed by atoms with E-state index >= 15 is 0 Å². The van der Waals surface area contributed by atoms with Gasteiger partial charge in [-0.1, -0.05) is 96.7 Å². The molecular formula is C41H47ClN4O2S2. The van der Waals surface area contributed by atoms with Crippen molar-refractivity contribution in [1.29, 1.82) is 0 Å². The van der Waals surface area contributed by atoms with E-state index in [1.807, 2.05) is 12.2 Å². The van der Waals surface area contributed by atoms with E-state index in [1.165, 1.54) is 11.3 Å². The molecule has 0 amide bonds. The van der Waals surface area contributed by atoms with Crippen molar-refractivity contribution in [3.63, 3.8) is 0 Å². The Kier molecular flexibility index (Phi) is 8.59. The summed E-state index contributed by atoms with van der Waals surface area (Å²) < 4.78 is 0.461. The number of ketones is 2. The maximum absolute atomic E-state index is 14.4. The van der Waals surface area contributed by atoms with Crippen LogP contribution in [0.4, 0.5) is 11.5 Å². The van der Waals surface area contributed by atoms with Crippen LogP contribution in [0.25, 0.3) is 0 Å². The molecule has 6 nitrogen and oxygen atoms in total. The monoisotopic (exact) mass is 726 g/mol. The van der Waals surface area contributed by atoms with Gasteiger partial charge in [0.2, 0.25) is 0 Å². The first-order chi connectivity index (χ1) is 23.6. The number of nitrogens with one attached hydrogen (secondary N) is 1. The minimum absolute atomic E-state index is 0.0257. The fraction of sp³-hybridized carbons (Fsp3) is 0.463. The van der Waals surface area contributed by atoms with Crippen molar-refractivity contribution >= 4 is 62.8 Å². The Bertz CT molecular complexity index is 1960. The topological polar surface area (TPSA) is 74.7 Å². The summed E-state index contributed by atoms with van der Waals surface area (Å²) in [5.74, 6) is 1.13. The number of rotatable bonds is 7. The van der Waals surface area contributed by atoms with Gasteiger partial charge in [-0.05, 0) is 66.7 Å². The molecule has 50 heavy (non-hydrogen) atoms. The van der Waals surface area contributed by atoms with E-state index < -0.39 is 10.8 Å². The number of carbonyl (C=O) groups excluding carboxylic acids is 2. The van der Waals surface area contributed by atoms with E-state index in [1.54, 1.807) is 17.8 Å². The second-order valence-corrected chi connectivity index (χ2v) is 19.0. The van der Waals surface area contributed by atoms with Gasteiger partial charge in [-0.15, -0.1) is 23.1 Å². The van der Waals surface area contributed by atoms with Gasteiger partial charge in [-0.25, -0.2) is 4.98 Å². The van der Waals surface area contributed by atoms with Crippen molar-refractivity contribution < 1.29 is 9.59 Å². The Morgan fingerprint density at radius 3 is 2.32 bits per heavy atom. The molecule has 1 N–H and O–H groups in total. The lowest BCUT2D eigenvalue weighted by molar-refractivity contribution is -0.120. The molecule has 7 rings (SSSR count). The van der Waals surface area contributed by atoms with E-state index in [0.29, 0.717) is 23.7 Å². The number of benzene rings is 1. The Balaban J connectivity index is 1.42. The Morgan fingerprint density at radius 2 is 1.68 bits per heavy atom. The van der Waals surface area contributed by atoms with Crippen LogP contribution in [-0.2, 0) is 15.0 Å². The molecule has 0 saturated carbocycles. The Labute approximate surface area is 310 Å².